The van der Waals surface area contributed by atoms with Crippen molar-refractivity contribution in [2.45, 2.75) is 32.7 Å². The Balaban J connectivity index is 1.84. The van der Waals surface area contributed by atoms with E-state index in [1.165, 1.54) is 18.3 Å². The fourth-order valence-corrected chi connectivity index (χ4v) is 2.78. The van der Waals surface area contributed by atoms with Gasteiger partial charge in [0.05, 0.1) is 29.8 Å². The molecule has 0 spiro atoms. The van der Waals surface area contributed by atoms with E-state index in [1.54, 1.807) is 0 Å². The number of nitrogens with two attached hydrogens (primary N) is 2. The molecule has 1 aromatic carbocycles. The molecule has 3 rings (SSSR count). The van der Waals surface area contributed by atoms with Gasteiger partial charge in [-0.2, -0.15) is 5.10 Å². The number of aliphatic imine (C=N–C) groups is 1. The third-order valence-electron chi connectivity index (χ3n) is 4.40. The van der Waals surface area contributed by atoms with E-state index in [9.17, 15) is 8.78 Å². The van der Waals surface area contributed by atoms with Crippen LogP contribution in [-0.2, 0) is 12.0 Å². The normalized spacial score (nSPS) is 12.5. The molecule has 0 aliphatic carbocycles. The second-order valence-corrected chi connectivity index (χ2v) is 7.87. The Morgan fingerprint density at radius 2 is 1.81 bits per heavy atom. The fourth-order valence-electron chi connectivity index (χ4n) is 2.78. The average Bonchev–Trinajstić information content (AvgIpc) is 2.72. The predicted molar refractivity (Wildman–Crippen MR) is 118 cm³/mol. The molecule has 0 bridgehead atoms. The van der Waals surface area contributed by atoms with Gasteiger partial charge in [0.25, 0.3) is 0 Å². The van der Waals surface area contributed by atoms with Gasteiger partial charge in [-0.25, -0.2) is 18.7 Å². The molecule has 0 fully saturated rings. The summed E-state index contributed by atoms with van der Waals surface area (Å²) in [6.07, 6.45) is 1.46. The highest BCUT2D eigenvalue weighted by Gasteiger charge is 2.15. The van der Waals surface area contributed by atoms with Crippen LogP contribution in [0.25, 0.3) is 11.3 Å². The summed E-state index contributed by atoms with van der Waals surface area (Å²) in [6.45, 7) is 6.59. The third kappa shape index (κ3) is 5.44. The van der Waals surface area contributed by atoms with Crippen molar-refractivity contribution in [2.75, 3.05) is 5.73 Å². The van der Waals surface area contributed by atoms with E-state index in [-0.39, 0.29) is 17.1 Å². The number of benzene rings is 1. The van der Waals surface area contributed by atoms with E-state index in [4.69, 9.17) is 11.6 Å². The number of nitrogen functional groups attached to an aromatic ring is 1. The second kappa shape index (κ2) is 8.95. The largest absolute Gasteiger partial charge is 0.368 e. The molecule has 0 unspecified atom stereocenters. The summed E-state index contributed by atoms with van der Waals surface area (Å²) in [5, 5.41) is 3.72. The van der Waals surface area contributed by atoms with Crippen LogP contribution in [0.2, 0.25) is 0 Å². The van der Waals surface area contributed by atoms with Crippen molar-refractivity contribution in [1.82, 2.24) is 15.0 Å². The molecular weight excluding hydrogens is 400 g/mol. The molecule has 31 heavy (non-hydrogen) atoms. The number of nitrogens with zero attached hydrogens (tertiary/aromatic N) is 5. The first kappa shape index (κ1) is 21.9. The van der Waals surface area contributed by atoms with E-state index < -0.39 is 11.6 Å². The standard InChI is InChI=1S/C22H23F2N7/c1-22(2,3)20-6-4-5-14(28-20)11-27-12-19(31-26)18-10-17(29-21(25)30-18)13-7-8-15(23)16(24)9-13/h4-10,12H,11,26H2,1-3H3,(H2,25,29,30). The molecule has 9 heteroatoms. The van der Waals surface area contributed by atoms with Crippen molar-refractivity contribution in [3.05, 3.63) is 71.2 Å². The Bertz CT molecular complexity index is 1150. The lowest BCUT2D eigenvalue weighted by molar-refractivity contribution is 0.509. The molecule has 0 aliphatic heterocycles. The summed E-state index contributed by atoms with van der Waals surface area (Å²) < 4.78 is 26.8. The van der Waals surface area contributed by atoms with E-state index >= 15 is 0 Å². The van der Waals surface area contributed by atoms with Crippen molar-refractivity contribution >= 4 is 17.9 Å². The molecule has 4 N–H and O–H groups in total. The van der Waals surface area contributed by atoms with Crippen LogP contribution in [0.5, 0.6) is 0 Å². The number of pyridine rings is 1. The fraction of sp³-hybridized carbons (Fsp3) is 0.227. The number of hydrogen-bond acceptors (Lipinski definition) is 7. The van der Waals surface area contributed by atoms with Crippen molar-refractivity contribution in [3.63, 3.8) is 0 Å². The zero-order valence-electron chi connectivity index (χ0n) is 17.5. The highest BCUT2D eigenvalue weighted by atomic mass is 19.2. The van der Waals surface area contributed by atoms with Gasteiger partial charge in [-0.05, 0) is 36.4 Å². The van der Waals surface area contributed by atoms with Gasteiger partial charge < -0.3 is 11.6 Å². The molecule has 0 aliphatic rings. The lowest BCUT2D eigenvalue weighted by Crippen LogP contribution is -2.14. The second-order valence-electron chi connectivity index (χ2n) is 7.87. The molecule has 160 valence electrons. The number of halogens is 2. The van der Waals surface area contributed by atoms with E-state index in [1.807, 2.05) is 18.2 Å². The maximum atomic E-state index is 13.6. The lowest BCUT2D eigenvalue weighted by atomic mass is 9.91. The molecule has 0 amide bonds. The van der Waals surface area contributed by atoms with Crippen LogP contribution in [0.1, 0.15) is 37.9 Å². The van der Waals surface area contributed by atoms with Gasteiger partial charge in [-0.1, -0.05) is 26.8 Å². The molecule has 0 saturated carbocycles. The Hall–Kier alpha value is -3.75. The first-order chi connectivity index (χ1) is 14.7. The topological polar surface area (TPSA) is 115 Å². The summed E-state index contributed by atoms with van der Waals surface area (Å²) in [5.41, 5.74) is 8.68. The van der Waals surface area contributed by atoms with Gasteiger partial charge in [0.1, 0.15) is 5.71 Å². The van der Waals surface area contributed by atoms with Crippen molar-refractivity contribution < 1.29 is 8.78 Å². The molecule has 7 nitrogen and oxygen atoms in total. The van der Waals surface area contributed by atoms with Crippen LogP contribution >= 0.6 is 0 Å². The minimum atomic E-state index is -0.990. The summed E-state index contributed by atoms with van der Waals surface area (Å²) in [6, 6.07) is 10.8. The van der Waals surface area contributed by atoms with Crippen LogP contribution in [0.15, 0.2) is 52.6 Å². The zero-order chi connectivity index (χ0) is 22.6. The number of aromatic nitrogens is 3. The van der Waals surface area contributed by atoms with E-state index in [2.05, 4.69) is 45.8 Å². The quantitative estimate of drug-likeness (QED) is 0.369. The molecule has 0 saturated heterocycles. The maximum Gasteiger partial charge on any atom is 0.221 e. The zero-order valence-corrected chi connectivity index (χ0v) is 17.5. The van der Waals surface area contributed by atoms with Crippen molar-refractivity contribution in [2.24, 2.45) is 15.9 Å². The van der Waals surface area contributed by atoms with E-state index in [0.717, 1.165) is 23.5 Å². The monoisotopic (exact) mass is 423 g/mol. The smallest absolute Gasteiger partial charge is 0.221 e. The lowest BCUT2D eigenvalue weighted by Gasteiger charge is -2.17. The summed E-state index contributed by atoms with van der Waals surface area (Å²) in [5.74, 6) is 3.51. The van der Waals surface area contributed by atoms with Gasteiger partial charge in [0, 0.05) is 16.7 Å². The average molecular weight is 423 g/mol. The number of hydrogen-bond donors (Lipinski definition) is 2. The Labute approximate surface area is 179 Å². The minimum absolute atomic E-state index is 0.0636. The van der Waals surface area contributed by atoms with Crippen LogP contribution in [0.4, 0.5) is 14.7 Å². The highest BCUT2D eigenvalue weighted by Crippen LogP contribution is 2.22. The van der Waals surface area contributed by atoms with Gasteiger partial charge in [0.15, 0.2) is 11.6 Å². The van der Waals surface area contributed by atoms with Crippen LogP contribution in [-0.4, -0.2) is 26.9 Å². The van der Waals surface area contributed by atoms with Crippen LogP contribution in [0.3, 0.4) is 0 Å². The van der Waals surface area contributed by atoms with Gasteiger partial charge in [-0.15, -0.1) is 0 Å². The third-order valence-corrected chi connectivity index (χ3v) is 4.40. The van der Waals surface area contributed by atoms with Gasteiger partial charge in [-0.3, -0.25) is 9.98 Å². The maximum absolute atomic E-state index is 13.6. The number of hydrazone groups is 1. The van der Waals surface area contributed by atoms with Crippen molar-refractivity contribution in [3.8, 4) is 11.3 Å². The van der Waals surface area contributed by atoms with Crippen LogP contribution in [0, 0.1) is 11.6 Å². The van der Waals surface area contributed by atoms with E-state index in [0.29, 0.717) is 23.5 Å². The molecule has 2 aromatic heterocycles. The van der Waals surface area contributed by atoms with Crippen LogP contribution < -0.4 is 11.6 Å². The molecular formula is C22H23F2N7. The summed E-state index contributed by atoms with van der Waals surface area (Å²) in [7, 11) is 0. The predicted octanol–water partition coefficient (Wildman–Crippen LogP) is 3.63. The molecule has 2 heterocycles. The number of anilines is 1. The highest BCUT2D eigenvalue weighted by molar-refractivity contribution is 6.37. The Morgan fingerprint density at radius 1 is 1.03 bits per heavy atom. The summed E-state index contributed by atoms with van der Waals surface area (Å²) in [4.78, 5) is 17.2. The SMILES string of the molecule is CC(C)(C)c1cccc(CN=CC(=NN)c2cc(-c3ccc(F)c(F)c3)nc(N)n2)n1. The Kier molecular flexibility index (Phi) is 6.33. The molecule has 0 radical (unpaired) electrons. The first-order valence-corrected chi connectivity index (χ1v) is 9.52. The van der Waals surface area contributed by atoms with Gasteiger partial charge >= 0.3 is 0 Å². The first-order valence-electron chi connectivity index (χ1n) is 9.52. The minimum Gasteiger partial charge on any atom is -0.368 e. The summed E-state index contributed by atoms with van der Waals surface area (Å²) >= 11 is 0. The van der Waals surface area contributed by atoms with Gasteiger partial charge in [0.2, 0.25) is 5.95 Å². The number of rotatable bonds is 5. The molecule has 3 aromatic rings. The Morgan fingerprint density at radius 3 is 2.48 bits per heavy atom. The van der Waals surface area contributed by atoms with Crippen molar-refractivity contribution in [1.29, 1.82) is 0 Å². The molecule has 0 atom stereocenters.